The molecule has 0 unspecified atom stereocenters. The molecule has 2 rings (SSSR count). The fraction of sp³-hybridized carbons (Fsp3) is 0.632. The molecule has 1 fully saturated rings. The molecular formula is C19H31N3O3. The van der Waals surface area contributed by atoms with E-state index in [0.717, 1.165) is 21.7 Å². The van der Waals surface area contributed by atoms with Gasteiger partial charge in [-0.15, -0.1) is 0 Å². The number of urea groups is 1. The van der Waals surface area contributed by atoms with Gasteiger partial charge in [0.15, 0.2) is 0 Å². The molecular weight excluding hydrogens is 318 g/mol. The maximum Gasteiger partial charge on any atom is 0.327 e. The fourth-order valence-electron chi connectivity index (χ4n) is 3.32. The fourth-order valence-corrected chi connectivity index (χ4v) is 3.32. The van der Waals surface area contributed by atoms with Gasteiger partial charge in [-0.3, -0.25) is 14.5 Å². The zero-order valence-corrected chi connectivity index (χ0v) is 17.0. The minimum absolute atomic E-state index is 0.0945. The third-order valence-electron chi connectivity index (χ3n) is 5.23. The molecule has 0 aromatic carbocycles. The van der Waals surface area contributed by atoms with Crippen molar-refractivity contribution in [3.05, 3.63) is 32.7 Å². The summed E-state index contributed by atoms with van der Waals surface area (Å²) >= 11 is 0. The summed E-state index contributed by atoms with van der Waals surface area (Å²) in [5.74, 6) is -0.188. The van der Waals surface area contributed by atoms with Gasteiger partial charge < -0.3 is 9.47 Å². The van der Waals surface area contributed by atoms with E-state index in [2.05, 4.69) is 0 Å². The van der Waals surface area contributed by atoms with Gasteiger partial charge in [-0.05, 0) is 45.7 Å². The highest BCUT2D eigenvalue weighted by Gasteiger charge is 2.41. The highest BCUT2D eigenvalue weighted by atomic mass is 16.2. The summed E-state index contributed by atoms with van der Waals surface area (Å²) in [6.45, 7) is 13.9. The number of hydrogen-bond acceptors (Lipinski definition) is 3. The van der Waals surface area contributed by atoms with E-state index in [1.54, 1.807) is 16.5 Å². The van der Waals surface area contributed by atoms with Gasteiger partial charge in [0.1, 0.15) is 0 Å². The second-order valence-corrected chi connectivity index (χ2v) is 6.77. The van der Waals surface area contributed by atoms with Gasteiger partial charge in [-0.1, -0.05) is 13.8 Å². The van der Waals surface area contributed by atoms with Gasteiger partial charge in [0.2, 0.25) is 5.91 Å². The van der Waals surface area contributed by atoms with Crippen LogP contribution in [0.5, 0.6) is 0 Å². The molecule has 25 heavy (non-hydrogen) atoms. The van der Waals surface area contributed by atoms with Crippen LogP contribution in [-0.2, 0) is 17.4 Å². The normalized spacial score (nSPS) is 15.2. The number of carbonyl (C=O) groups excluding carboxylic acids is 2. The average molecular weight is 349 g/mol. The Kier molecular flexibility index (Phi) is 6.21. The number of carbonyl (C=O) groups is 2. The minimum Gasteiger partial charge on any atom is -0.315 e. The lowest BCUT2D eigenvalue weighted by Gasteiger charge is -2.43. The predicted octanol–water partition coefficient (Wildman–Crippen LogP) is 2.86. The number of imide groups is 1. The van der Waals surface area contributed by atoms with Gasteiger partial charge in [0.25, 0.3) is 5.56 Å². The van der Waals surface area contributed by atoms with Crippen LogP contribution in [0, 0.1) is 20.8 Å². The molecule has 6 nitrogen and oxygen atoms in total. The lowest BCUT2D eigenvalue weighted by Crippen LogP contribution is -2.58. The van der Waals surface area contributed by atoms with Crippen LogP contribution in [0.3, 0.4) is 0 Å². The Morgan fingerprint density at radius 2 is 1.44 bits per heavy atom. The summed E-state index contributed by atoms with van der Waals surface area (Å²) in [6, 6.07) is -0.356. The largest absolute Gasteiger partial charge is 0.327 e. The van der Waals surface area contributed by atoms with Crippen LogP contribution < -0.4 is 5.56 Å². The Labute approximate surface area is 150 Å². The van der Waals surface area contributed by atoms with Crippen molar-refractivity contribution in [3.63, 3.8) is 0 Å². The van der Waals surface area contributed by atoms with Crippen molar-refractivity contribution in [2.45, 2.75) is 60.4 Å². The highest BCUT2D eigenvalue weighted by Crippen LogP contribution is 2.32. The summed E-state index contributed by atoms with van der Waals surface area (Å²) in [5.41, 5.74) is 2.60. The Morgan fingerprint density at radius 3 is 1.96 bits per heavy atom. The van der Waals surface area contributed by atoms with Crippen LogP contribution >= 0.6 is 0 Å². The number of pyridine rings is 1. The number of nitrogens with zero attached hydrogens (tertiary/aromatic N) is 3. The summed E-state index contributed by atoms with van der Waals surface area (Å²) in [7, 11) is 3.23. The van der Waals surface area contributed by atoms with Crippen molar-refractivity contribution in [2.24, 2.45) is 7.05 Å². The Hall–Kier alpha value is -2.11. The minimum atomic E-state index is -0.788. The van der Waals surface area contributed by atoms with Crippen LogP contribution in [0.25, 0.3) is 0 Å². The molecule has 140 valence electrons. The van der Waals surface area contributed by atoms with Crippen molar-refractivity contribution in [2.75, 3.05) is 13.6 Å². The van der Waals surface area contributed by atoms with Crippen LogP contribution in [0.1, 0.15) is 56.5 Å². The average Bonchev–Trinajstić information content (AvgIpc) is 2.57. The molecule has 0 saturated carbocycles. The molecule has 0 spiro atoms. The third kappa shape index (κ3) is 3.34. The van der Waals surface area contributed by atoms with Crippen LogP contribution in [0.2, 0.25) is 0 Å². The third-order valence-corrected chi connectivity index (χ3v) is 5.23. The molecule has 0 bridgehead atoms. The number of rotatable bonds is 2. The van der Waals surface area contributed by atoms with Crippen molar-refractivity contribution in [1.82, 2.24) is 14.4 Å². The van der Waals surface area contributed by atoms with Gasteiger partial charge in [0.05, 0.1) is 5.54 Å². The maximum absolute atomic E-state index is 12.8. The second-order valence-electron chi connectivity index (χ2n) is 6.77. The quantitative estimate of drug-likeness (QED) is 0.825. The Bertz CT molecular complexity index is 747. The number of hydrogen-bond donors (Lipinski definition) is 0. The van der Waals surface area contributed by atoms with Gasteiger partial charge in [-0.25, -0.2) is 4.79 Å². The van der Waals surface area contributed by atoms with Gasteiger partial charge in [0, 0.05) is 38.3 Å². The molecule has 2 heterocycles. The van der Waals surface area contributed by atoms with E-state index in [9.17, 15) is 14.4 Å². The van der Waals surface area contributed by atoms with Crippen molar-refractivity contribution < 1.29 is 9.59 Å². The second kappa shape index (κ2) is 7.42. The first-order valence-corrected chi connectivity index (χ1v) is 8.77. The number of aromatic nitrogens is 1. The first-order chi connectivity index (χ1) is 11.5. The first-order valence-electron chi connectivity index (χ1n) is 8.77. The zero-order chi connectivity index (χ0) is 19.7. The van der Waals surface area contributed by atoms with Gasteiger partial charge >= 0.3 is 6.03 Å². The van der Waals surface area contributed by atoms with Crippen LogP contribution in [-0.4, -0.2) is 39.9 Å². The zero-order valence-electron chi connectivity index (χ0n) is 17.0. The molecule has 1 saturated heterocycles. The summed E-state index contributed by atoms with van der Waals surface area (Å²) in [4.78, 5) is 39.8. The van der Waals surface area contributed by atoms with E-state index in [1.165, 1.54) is 7.05 Å². The van der Waals surface area contributed by atoms with E-state index in [-0.39, 0.29) is 23.9 Å². The van der Waals surface area contributed by atoms with E-state index in [0.29, 0.717) is 12.1 Å². The van der Waals surface area contributed by atoms with Crippen molar-refractivity contribution >= 4 is 11.9 Å². The SMILES string of the molecule is CC.Cc1c(C)c(C)n(C)c(=O)c1C(C)(C)N1CCC(=O)N(C)C1=O. The molecule has 1 aromatic rings. The number of amides is 3. The topological polar surface area (TPSA) is 62.6 Å². The van der Waals surface area contributed by atoms with Crippen LogP contribution in [0.15, 0.2) is 4.79 Å². The van der Waals surface area contributed by atoms with Gasteiger partial charge in [-0.2, -0.15) is 0 Å². The van der Waals surface area contributed by atoms with Crippen molar-refractivity contribution in [1.29, 1.82) is 0 Å². The van der Waals surface area contributed by atoms with E-state index in [1.807, 2.05) is 48.5 Å². The highest BCUT2D eigenvalue weighted by molar-refractivity contribution is 5.96. The summed E-state index contributed by atoms with van der Waals surface area (Å²) < 4.78 is 1.63. The molecule has 3 amide bonds. The molecule has 0 N–H and O–H groups in total. The summed E-state index contributed by atoms with van der Waals surface area (Å²) in [6.07, 6.45) is 0.274. The smallest absolute Gasteiger partial charge is 0.315 e. The van der Waals surface area contributed by atoms with E-state index < -0.39 is 5.54 Å². The van der Waals surface area contributed by atoms with Crippen LogP contribution in [0.4, 0.5) is 4.79 Å². The molecule has 1 aliphatic rings. The molecule has 0 aliphatic carbocycles. The Balaban J connectivity index is 0.00000151. The monoisotopic (exact) mass is 349 g/mol. The molecule has 0 radical (unpaired) electrons. The predicted molar refractivity (Wildman–Crippen MR) is 99.8 cm³/mol. The molecule has 0 atom stereocenters. The lowest BCUT2D eigenvalue weighted by molar-refractivity contribution is -0.130. The first kappa shape index (κ1) is 20.9. The Morgan fingerprint density at radius 1 is 0.920 bits per heavy atom. The van der Waals surface area contributed by atoms with E-state index in [4.69, 9.17) is 0 Å². The molecule has 1 aliphatic heterocycles. The van der Waals surface area contributed by atoms with Crippen molar-refractivity contribution in [3.8, 4) is 0 Å². The maximum atomic E-state index is 12.8. The lowest BCUT2D eigenvalue weighted by atomic mass is 9.87. The standard InChI is InChI=1S/C17H25N3O3.C2H6/c1-10-11(2)14(15(22)18(6)12(10)3)17(4,5)20-9-8-13(21)19(7)16(20)23;1-2/h8-9H2,1-7H3;1-2H3. The summed E-state index contributed by atoms with van der Waals surface area (Å²) in [5, 5.41) is 0. The van der Waals surface area contributed by atoms with E-state index >= 15 is 0 Å². The molecule has 6 heteroatoms. The molecule has 1 aromatic heterocycles.